The quantitative estimate of drug-likeness (QED) is 0.811. The Morgan fingerprint density at radius 3 is 2.76 bits per heavy atom. The van der Waals surface area contributed by atoms with Crippen LogP contribution in [0.1, 0.15) is 17.6 Å². The highest BCUT2D eigenvalue weighted by atomic mass is 32.2. The van der Waals surface area contributed by atoms with Gasteiger partial charge in [0, 0.05) is 18.0 Å². The number of benzene rings is 1. The largest absolute Gasteiger partial charge is 0.340 e. The lowest BCUT2D eigenvalue weighted by molar-refractivity contribution is -0.133. The summed E-state index contributed by atoms with van der Waals surface area (Å²) in [6.07, 6.45) is 0. The average molecular weight is 307 g/mol. The zero-order valence-electron chi connectivity index (χ0n) is 11.5. The SMILES string of the molecule is Cc1noc(C2CN(C(=O)CSc3ccc(F)cc3)C2)n1. The fraction of sp³-hybridized carbons (Fsp3) is 0.357. The van der Waals surface area contributed by atoms with Crippen molar-refractivity contribution in [3.8, 4) is 0 Å². The van der Waals surface area contributed by atoms with Gasteiger partial charge in [-0.25, -0.2) is 4.39 Å². The number of carbonyl (C=O) groups is 1. The van der Waals surface area contributed by atoms with Gasteiger partial charge in [-0.3, -0.25) is 4.79 Å². The highest BCUT2D eigenvalue weighted by molar-refractivity contribution is 8.00. The van der Waals surface area contributed by atoms with E-state index in [9.17, 15) is 9.18 Å². The lowest BCUT2D eigenvalue weighted by atomic mass is 10.0. The van der Waals surface area contributed by atoms with Gasteiger partial charge in [-0.15, -0.1) is 11.8 Å². The molecular weight excluding hydrogens is 293 g/mol. The number of amides is 1. The second kappa shape index (κ2) is 5.85. The van der Waals surface area contributed by atoms with Gasteiger partial charge < -0.3 is 9.42 Å². The highest BCUT2D eigenvalue weighted by Crippen LogP contribution is 2.27. The first-order chi connectivity index (χ1) is 10.1. The molecule has 0 unspecified atom stereocenters. The number of hydrogen-bond donors (Lipinski definition) is 0. The number of nitrogens with zero attached hydrogens (tertiary/aromatic N) is 3. The van der Waals surface area contributed by atoms with Gasteiger partial charge in [-0.2, -0.15) is 4.98 Å². The molecule has 1 aliphatic rings. The van der Waals surface area contributed by atoms with E-state index in [2.05, 4.69) is 10.1 Å². The number of rotatable bonds is 4. The zero-order chi connectivity index (χ0) is 14.8. The van der Waals surface area contributed by atoms with Crippen LogP contribution in [0.5, 0.6) is 0 Å². The van der Waals surface area contributed by atoms with E-state index in [1.807, 2.05) is 0 Å². The van der Waals surface area contributed by atoms with Crippen molar-refractivity contribution in [3.05, 3.63) is 41.8 Å². The Balaban J connectivity index is 1.46. The van der Waals surface area contributed by atoms with Gasteiger partial charge in [-0.05, 0) is 31.2 Å². The second-order valence-corrected chi connectivity index (χ2v) is 5.97. The van der Waals surface area contributed by atoms with Crippen molar-refractivity contribution in [2.75, 3.05) is 18.8 Å². The van der Waals surface area contributed by atoms with Crippen molar-refractivity contribution in [2.24, 2.45) is 0 Å². The smallest absolute Gasteiger partial charge is 0.233 e. The highest BCUT2D eigenvalue weighted by Gasteiger charge is 2.35. The van der Waals surface area contributed by atoms with E-state index >= 15 is 0 Å². The molecule has 1 aromatic heterocycles. The van der Waals surface area contributed by atoms with Crippen molar-refractivity contribution in [2.45, 2.75) is 17.7 Å². The Bertz CT molecular complexity index is 638. The van der Waals surface area contributed by atoms with E-state index < -0.39 is 0 Å². The molecule has 1 saturated heterocycles. The van der Waals surface area contributed by atoms with E-state index in [0.717, 1.165) is 4.90 Å². The molecule has 1 aromatic carbocycles. The molecule has 110 valence electrons. The fourth-order valence-corrected chi connectivity index (χ4v) is 2.89. The zero-order valence-corrected chi connectivity index (χ0v) is 12.3. The lowest BCUT2D eigenvalue weighted by Crippen LogP contribution is -2.49. The van der Waals surface area contributed by atoms with E-state index in [1.165, 1.54) is 23.9 Å². The van der Waals surface area contributed by atoms with E-state index in [4.69, 9.17) is 4.52 Å². The summed E-state index contributed by atoms with van der Waals surface area (Å²) in [4.78, 5) is 18.8. The summed E-state index contributed by atoms with van der Waals surface area (Å²) in [5.74, 6) is 1.50. The van der Waals surface area contributed by atoms with Crippen LogP contribution in [0, 0.1) is 12.7 Å². The first-order valence-corrected chi connectivity index (χ1v) is 7.57. The minimum atomic E-state index is -0.272. The Kier molecular flexibility index (Phi) is 3.92. The summed E-state index contributed by atoms with van der Waals surface area (Å²) in [5.41, 5.74) is 0. The molecule has 1 amide bonds. The fourth-order valence-electron chi connectivity index (χ4n) is 2.08. The Morgan fingerprint density at radius 1 is 1.43 bits per heavy atom. The lowest BCUT2D eigenvalue weighted by Gasteiger charge is -2.37. The molecular formula is C14H14FN3O2S. The minimum absolute atomic E-state index is 0.0665. The van der Waals surface area contributed by atoms with Gasteiger partial charge in [0.2, 0.25) is 11.8 Å². The van der Waals surface area contributed by atoms with Crippen molar-refractivity contribution >= 4 is 17.7 Å². The normalized spacial score (nSPS) is 15.0. The number of halogens is 1. The summed E-state index contributed by atoms with van der Waals surface area (Å²) in [5, 5.41) is 3.75. The topological polar surface area (TPSA) is 59.2 Å². The van der Waals surface area contributed by atoms with E-state index in [1.54, 1.807) is 24.0 Å². The molecule has 0 saturated carbocycles. The van der Waals surface area contributed by atoms with Crippen LogP contribution >= 0.6 is 11.8 Å². The van der Waals surface area contributed by atoms with Gasteiger partial charge in [-0.1, -0.05) is 5.16 Å². The second-order valence-electron chi connectivity index (χ2n) is 4.92. The third kappa shape index (κ3) is 3.24. The number of thioether (sulfide) groups is 1. The van der Waals surface area contributed by atoms with Crippen molar-refractivity contribution < 1.29 is 13.7 Å². The molecule has 0 atom stereocenters. The molecule has 1 aliphatic heterocycles. The molecule has 0 N–H and O–H groups in total. The first kappa shape index (κ1) is 14.1. The molecule has 0 spiro atoms. The molecule has 3 rings (SSSR count). The summed E-state index contributed by atoms with van der Waals surface area (Å²) in [6.45, 7) is 3.00. The summed E-state index contributed by atoms with van der Waals surface area (Å²) >= 11 is 1.41. The Labute approximate surface area is 125 Å². The number of likely N-dealkylation sites (tertiary alicyclic amines) is 1. The summed E-state index contributed by atoms with van der Waals surface area (Å²) < 4.78 is 17.9. The van der Waals surface area contributed by atoms with Crippen LogP contribution < -0.4 is 0 Å². The molecule has 2 heterocycles. The molecule has 0 radical (unpaired) electrons. The predicted octanol–water partition coefficient (Wildman–Crippen LogP) is 2.24. The number of aryl methyl sites for hydroxylation is 1. The molecule has 7 heteroatoms. The Hall–Kier alpha value is -1.89. The molecule has 5 nitrogen and oxygen atoms in total. The third-order valence-electron chi connectivity index (χ3n) is 3.30. The predicted molar refractivity (Wildman–Crippen MR) is 75.5 cm³/mol. The Morgan fingerprint density at radius 2 is 2.14 bits per heavy atom. The summed E-state index contributed by atoms with van der Waals surface area (Å²) in [6, 6.07) is 6.13. The maximum Gasteiger partial charge on any atom is 0.233 e. The molecule has 2 aromatic rings. The van der Waals surface area contributed by atoms with Crippen LogP contribution in [0.2, 0.25) is 0 Å². The number of aromatic nitrogens is 2. The van der Waals surface area contributed by atoms with Crippen LogP contribution in [-0.2, 0) is 4.79 Å². The number of hydrogen-bond acceptors (Lipinski definition) is 5. The molecule has 0 aliphatic carbocycles. The standard InChI is InChI=1S/C14H14FN3O2S/c1-9-16-14(20-17-9)10-6-18(7-10)13(19)8-21-12-4-2-11(15)3-5-12/h2-5,10H,6-8H2,1H3. The van der Waals surface area contributed by atoms with Crippen LogP contribution in [0.3, 0.4) is 0 Å². The van der Waals surface area contributed by atoms with Crippen molar-refractivity contribution in [1.29, 1.82) is 0 Å². The summed E-state index contributed by atoms with van der Waals surface area (Å²) in [7, 11) is 0. The van der Waals surface area contributed by atoms with Crippen LogP contribution in [0.15, 0.2) is 33.7 Å². The first-order valence-electron chi connectivity index (χ1n) is 6.58. The molecule has 0 bridgehead atoms. The van der Waals surface area contributed by atoms with Gasteiger partial charge in [0.15, 0.2) is 5.82 Å². The maximum absolute atomic E-state index is 12.8. The third-order valence-corrected chi connectivity index (χ3v) is 4.30. The van der Waals surface area contributed by atoms with E-state index in [0.29, 0.717) is 30.6 Å². The maximum atomic E-state index is 12.8. The minimum Gasteiger partial charge on any atom is -0.340 e. The molecule has 1 fully saturated rings. The van der Waals surface area contributed by atoms with Crippen LogP contribution in [0.25, 0.3) is 0 Å². The average Bonchev–Trinajstić information content (AvgIpc) is 2.83. The van der Waals surface area contributed by atoms with Crippen molar-refractivity contribution in [1.82, 2.24) is 15.0 Å². The van der Waals surface area contributed by atoms with Gasteiger partial charge in [0.05, 0.1) is 11.7 Å². The van der Waals surface area contributed by atoms with Gasteiger partial charge >= 0.3 is 0 Å². The van der Waals surface area contributed by atoms with E-state index in [-0.39, 0.29) is 17.6 Å². The van der Waals surface area contributed by atoms with Gasteiger partial charge in [0.25, 0.3) is 0 Å². The molecule has 21 heavy (non-hydrogen) atoms. The van der Waals surface area contributed by atoms with Crippen molar-refractivity contribution in [3.63, 3.8) is 0 Å². The van der Waals surface area contributed by atoms with Crippen LogP contribution in [0.4, 0.5) is 4.39 Å². The number of carbonyl (C=O) groups excluding carboxylic acids is 1. The van der Waals surface area contributed by atoms with Crippen LogP contribution in [-0.4, -0.2) is 39.8 Å². The monoisotopic (exact) mass is 307 g/mol. The van der Waals surface area contributed by atoms with Gasteiger partial charge in [0.1, 0.15) is 5.82 Å².